The van der Waals surface area contributed by atoms with Crippen LogP contribution in [0.15, 0.2) is 64.1 Å². The van der Waals surface area contributed by atoms with Crippen molar-refractivity contribution in [3.05, 3.63) is 65.9 Å². The lowest BCUT2D eigenvalue weighted by Gasteiger charge is -2.07. The van der Waals surface area contributed by atoms with E-state index in [9.17, 15) is 5.11 Å². The van der Waals surface area contributed by atoms with E-state index in [2.05, 4.69) is 15.0 Å². The lowest BCUT2D eigenvalue weighted by atomic mass is 10.1. The molecule has 2 aromatic carbocycles. The molecule has 1 N–H and O–H groups in total. The Labute approximate surface area is 162 Å². The number of aryl methyl sites for hydroxylation is 1. The van der Waals surface area contributed by atoms with Gasteiger partial charge in [0.2, 0.25) is 5.89 Å². The maximum absolute atomic E-state index is 10.3. The highest BCUT2D eigenvalue weighted by Gasteiger charge is 2.11. The first-order chi connectivity index (χ1) is 13.7. The molecule has 0 aliphatic heterocycles. The molecule has 0 aliphatic carbocycles. The summed E-state index contributed by atoms with van der Waals surface area (Å²) in [6.45, 7) is 4.33. The average molecular weight is 373 g/mol. The SMILES string of the molecule is CCOc1cccc(C=Nc2cc(-c3nc4ncccc4o3)ccc2C)c1O. The first-order valence-electron chi connectivity index (χ1n) is 8.97. The Morgan fingerprint density at radius 2 is 2.07 bits per heavy atom. The second-order valence-electron chi connectivity index (χ2n) is 6.23. The van der Waals surface area contributed by atoms with Gasteiger partial charge >= 0.3 is 0 Å². The Hall–Kier alpha value is -3.67. The van der Waals surface area contributed by atoms with Crippen LogP contribution in [0.25, 0.3) is 22.7 Å². The fraction of sp³-hybridized carbons (Fsp3) is 0.136. The highest BCUT2D eigenvalue weighted by molar-refractivity contribution is 5.87. The molecule has 0 amide bonds. The van der Waals surface area contributed by atoms with Crippen molar-refractivity contribution in [2.45, 2.75) is 13.8 Å². The summed E-state index contributed by atoms with van der Waals surface area (Å²) in [7, 11) is 0. The van der Waals surface area contributed by atoms with E-state index in [1.54, 1.807) is 24.5 Å². The first-order valence-corrected chi connectivity index (χ1v) is 8.97. The van der Waals surface area contributed by atoms with Crippen molar-refractivity contribution in [2.24, 2.45) is 4.99 Å². The summed E-state index contributed by atoms with van der Waals surface area (Å²) in [4.78, 5) is 13.2. The van der Waals surface area contributed by atoms with E-state index >= 15 is 0 Å². The number of nitrogens with zero attached hydrogens (tertiary/aromatic N) is 3. The molecule has 2 aromatic heterocycles. The third-order valence-corrected chi connectivity index (χ3v) is 4.29. The van der Waals surface area contributed by atoms with Gasteiger partial charge < -0.3 is 14.3 Å². The Bertz CT molecular complexity index is 1130. The molecule has 0 spiro atoms. The summed E-state index contributed by atoms with van der Waals surface area (Å²) in [5.41, 5.74) is 4.36. The van der Waals surface area contributed by atoms with Gasteiger partial charge in [0, 0.05) is 23.5 Å². The Morgan fingerprint density at radius 3 is 2.89 bits per heavy atom. The van der Waals surface area contributed by atoms with E-state index in [-0.39, 0.29) is 5.75 Å². The first kappa shape index (κ1) is 17.7. The number of benzene rings is 2. The van der Waals surface area contributed by atoms with Gasteiger partial charge in [0.15, 0.2) is 22.7 Å². The summed E-state index contributed by atoms with van der Waals surface area (Å²) in [5.74, 6) is 1.01. The minimum Gasteiger partial charge on any atom is -0.504 e. The number of oxazole rings is 1. The molecule has 4 aromatic rings. The zero-order valence-electron chi connectivity index (χ0n) is 15.6. The number of fused-ring (bicyclic) bond motifs is 1. The molecule has 140 valence electrons. The van der Waals surface area contributed by atoms with Crippen LogP contribution in [0.4, 0.5) is 5.69 Å². The summed E-state index contributed by atoms with van der Waals surface area (Å²) in [6.07, 6.45) is 3.31. The Morgan fingerprint density at radius 1 is 1.18 bits per heavy atom. The van der Waals surface area contributed by atoms with Gasteiger partial charge in [0.1, 0.15) is 0 Å². The van der Waals surface area contributed by atoms with Crippen LogP contribution in [0.5, 0.6) is 11.5 Å². The highest BCUT2D eigenvalue weighted by atomic mass is 16.5. The number of aliphatic imine (C=N–C) groups is 1. The van der Waals surface area contributed by atoms with E-state index in [1.807, 2.05) is 50.2 Å². The summed E-state index contributed by atoms with van der Waals surface area (Å²) >= 11 is 0. The number of aromatic nitrogens is 2. The third kappa shape index (κ3) is 3.44. The maximum Gasteiger partial charge on any atom is 0.228 e. The number of aromatic hydroxyl groups is 1. The number of phenolic OH excluding ortho intramolecular Hbond substituents is 1. The molecule has 0 atom stereocenters. The standard InChI is InChI=1S/C22H19N3O3/c1-3-27-18-7-4-6-16(20(18)26)13-24-17-12-15(10-9-14(17)2)22-25-21-19(28-22)8-5-11-23-21/h4-13,26H,3H2,1-2H3. The number of pyridine rings is 1. The number of phenols is 1. The topological polar surface area (TPSA) is 80.7 Å². The molecule has 0 aliphatic rings. The average Bonchev–Trinajstić information content (AvgIpc) is 3.14. The van der Waals surface area contributed by atoms with Crippen molar-refractivity contribution >= 4 is 23.1 Å². The molecule has 0 unspecified atom stereocenters. The molecule has 0 radical (unpaired) electrons. The van der Waals surface area contributed by atoms with E-state index in [0.717, 1.165) is 16.8 Å². The van der Waals surface area contributed by atoms with Crippen LogP contribution in [-0.2, 0) is 0 Å². The Kier molecular flexibility index (Phi) is 4.76. The third-order valence-electron chi connectivity index (χ3n) is 4.29. The molecule has 28 heavy (non-hydrogen) atoms. The van der Waals surface area contributed by atoms with Crippen molar-refractivity contribution < 1.29 is 14.3 Å². The van der Waals surface area contributed by atoms with Crippen molar-refractivity contribution in [3.8, 4) is 23.0 Å². The largest absolute Gasteiger partial charge is 0.504 e. The lowest BCUT2D eigenvalue weighted by Crippen LogP contribution is -1.93. The van der Waals surface area contributed by atoms with Gasteiger partial charge in [-0.3, -0.25) is 4.99 Å². The van der Waals surface area contributed by atoms with E-state index in [0.29, 0.717) is 35.0 Å². The van der Waals surface area contributed by atoms with Crippen molar-refractivity contribution in [1.82, 2.24) is 9.97 Å². The molecule has 0 fully saturated rings. The zero-order valence-corrected chi connectivity index (χ0v) is 15.6. The smallest absolute Gasteiger partial charge is 0.228 e. The molecular formula is C22H19N3O3. The van der Waals surface area contributed by atoms with Crippen molar-refractivity contribution in [3.63, 3.8) is 0 Å². The number of rotatable bonds is 5. The second-order valence-corrected chi connectivity index (χ2v) is 6.23. The minimum atomic E-state index is 0.0759. The highest BCUT2D eigenvalue weighted by Crippen LogP contribution is 2.31. The van der Waals surface area contributed by atoms with Gasteiger partial charge in [-0.25, -0.2) is 4.98 Å². The van der Waals surface area contributed by atoms with Crippen molar-refractivity contribution in [1.29, 1.82) is 0 Å². The van der Waals surface area contributed by atoms with Crippen LogP contribution >= 0.6 is 0 Å². The predicted octanol–water partition coefficient (Wildman–Crippen LogP) is 5.05. The van der Waals surface area contributed by atoms with Crippen LogP contribution in [0.1, 0.15) is 18.1 Å². The molecule has 0 saturated heterocycles. The van der Waals surface area contributed by atoms with Crippen LogP contribution in [-0.4, -0.2) is 27.9 Å². The molecule has 0 bridgehead atoms. The van der Waals surface area contributed by atoms with Gasteiger partial charge in [-0.2, -0.15) is 4.98 Å². The Balaban J connectivity index is 1.68. The molecule has 6 nitrogen and oxygen atoms in total. The second kappa shape index (κ2) is 7.52. The molecule has 6 heteroatoms. The van der Waals surface area contributed by atoms with Crippen LogP contribution in [0, 0.1) is 6.92 Å². The molecular weight excluding hydrogens is 354 g/mol. The van der Waals surface area contributed by atoms with Crippen LogP contribution in [0.3, 0.4) is 0 Å². The number of para-hydroxylation sites is 1. The van der Waals surface area contributed by atoms with E-state index in [4.69, 9.17) is 9.15 Å². The summed E-state index contributed by atoms with van der Waals surface area (Å²) in [6, 6.07) is 14.8. The van der Waals surface area contributed by atoms with Gasteiger partial charge in [-0.05, 0) is 55.8 Å². The van der Waals surface area contributed by atoms with Gasteiger partial charge in [0.25, 0.3) is 0 Å². The van der Waals surface area contributed by atoms with E-state index < -0.39 is 0 Å². The summed E-state index contributed by atoms with van der Waals surface area (Å²) in [5, 5.41) is 10.3. The van der Waals surface area contributed by atoms with Gasteiger partial charge in [-0.15, -0.1) is 0 Å². The maximum atomic E-state index is 10.3. The van der Waals surface area contributed by atoms with Crippen LogP contribution < -0.4 is 4.74 Å². The number of hydrogen-bond acceptors (Lipinski definition) is 6. The quantitative estimate of drug-likeness (QED) is 0.495. The number of hydrogen-bond donors (Lipinski definition) is 1. The molecule has 4 rings (SSSR count). The fourth-order valence-corrected chi connectivity index (χ4v) is 2.83. The normalized spacial score (nSPS) is 11.4. The van der Waals surface area contributed by atoms with Crippen LogP contribution in [0.2, 0.25) is 0 Å². The monoisotopic (exact) mass is 373 g/mol. The summed E-state index contributed by atoms with van der Waals surface area (Å²) < 4.78 is 11.2. The molecule has 0 saturated carbocycles. The zero-order chi connectivity index (χ0) is 19.5. The molecule has 2 heterocycles. The van der Waals surface area contributed by atoms with E-state index in [1.165, 1.54) is 0 Å². The van der Waals surface area contributed by atoms with Gasteiger partial charge in [-0.1, -0.05) is 12.1 Å². The van der Waals surface area contributed by atoms with Crippen molar-refractivity contribution in [2.75, 3.05) is 6.61 Å². The minimum absolute atomic E-state index is 0.0759. The number of ether oxygens (including phenoxy) is 1. The predicted molar refractivity (Wildman–Crippen MR) is 109 cm³/mol. The fourth-order valence-electron chi connectivity index (χ4n) is 2.83. The van der Waals surface area contributed by atoms with Gasteiger partial charge in [0.05, 0.1) is 12.3 Å². The lowest BCUT2D eigenvalue weighted by molar-refractivity contribution is 0.318.